The third-order valence-corrected chi connectivity index (χ3v) is 4.15. The van der Waals surface area contributed by atoms with Gasteiger partial charge in [0.15, 0.2) is 0 Å². The lowest BCUT2D eigenvalue weighted by Crippen LogP contribution is -2.36. The van der Waals surface area contributed by atoms with Crippen molar-refractivity contribution < 1.29 is 9.59 Å². The normalized spacial score (nSPS) is 17.5. The largest absolute Gasteiger partial charge is 0.351 e. The van der Waals surface area contributed by atoms with Crippen molar-refractivity contribution in [3.8, 4) is 0 Å². The molecule has 1 heterocycles. The molecular weight excluding hydrogens is 288 g/mol. The lowest BCUT2D eigenvalue weighted by atomic mass is 10.0. The maximum atomic E-state index is 12.2. The molecule has 0 aliphatic carbocycles. The number of nitrogens with zero attached hydrogens (tertiary/aromatic N) is 1. The molecule has 4 nitrogen and oxygen atoms in total. The molecule has 0 radical (unpaired) electrons. The van der Waals surface area contributed by atoms with E-state index >= 15 is 0 Å². The molecule has 1 N–H and O–H groups in total. The molecule has 23 heavy (non-hydrogen) atoms. The van der Waals surface area contributed by atoms with Gasteiger partial charge in [0, 0.05) is 25.9 Å². The van der Waals surface area contributed by atoms with Crippen molar-refractivity contribution in [2.45, 2.75) is 25.4 Å². The average molecular weight is 308 g/mol. The fourth-order valence-corrected chi connectivity index (χ4v) is 3.08. The van der Waals surface area contributed by atoms with Crippen molar-refractivity contribution in [2.75, 3.05) is 6.54 Å². The number of fused-ring (bicyclic) bond motifs is 1. The molecular formula is C19H20N2O2. The third-order valence-electron chi connectivity index (χ3n) is 4.15. The molecule has 1 saturated heterocycles. The molecule has 0 spiro atoms. The Morgan fingerprint density at radius 3 is 2.87 bits per heavy atom. The first kappa shape index (κ1) is 15.3. The van der Waals surface area contributed by atoms with Gasteiger partial charge in [-0.25, -0.2) is 0 Å². The molecule has 0 aromatic heterocycles. The van der Waals surface area contributed by atoms with E-state index in [0.717, 1.165) is 5.56 Å². The summed E-state index contributed by atoms with van der Waals surface area (Å²) in [5, 5.41) is 5.23. The second kappa shape index (κ2) is 6.65. The van der Waals surface area contributed by atoms with E-state index in [0.29, 0.717) is 19.5 Å². The van der Waals surface area contributed by atoms with Gasteiger partial charge in [-0.2, -0.15) is 0 Å². The highest BCUT2D eigenvalue weighted by Gasteiger charge is 2.30. The van der Waals surface area contributed by atoms with Crippen LogP contribution in [0, 0.1) is 0 Å². The van der Waals surface area contributed by atoms with Crippen molar-refractivity contribution in [3.05, 3.63) is 60.7 Å². The minimum atomic E-state index is -0.107. The summed E-state index contributed by atoms with van der Waals surface area (Å²) in [7, 11) is 0. The quantitative estimate of drug-likeness (QED) is 0.863. The van der Waals surface area contributed by atoms with E-state index in [-0.39, 0.29) is 24.3 Å². The maximum absolute atomic E-state index is 12.2. The third kappa shape index (κ3) is 3.42. The summed E-state index contributed by atoms with van der Waals surface area (Å²) < 4.78 is 0. The van der Waals surface area contributed by atoms with Crippen LogP contribution in [0.3, 0.4) is 0 Å². The standard InChI is InChI=1S/C19H20N2O2/c1-2-6-18(22)20-16-11-19(23)21(13-16)12-15-9-5-8-14-7-3-4-10-17(14)15/h2-5,7-10,16H,1,6,11-13H2,(H,20,22). The van der Waals surface area contributed by atoms with E-state index < -0.39 is 0 Å². The molecule has 2 aromatic carbocycles. The molecule has 0 bridgehead atoms. The number of nitrogens with one attached hydrogen (secondary N) is 1. The number of benzene rings is 2. The predicted octanol–water partition coefficient (Wildman–Crippen LogP) is 2.63. The summed E-state index contributed by atoms with van der Waals surface area (Å²) >= 11 is 0. The highest BCUT2D eigenvalue weighted by Crippen LogP contribution is 2.22. The minimum Gasteiger partial charge on any atom is -0.351 e. The molecule has 1 fully saturated rings. The van der Waals surface area contributed by atoms with E-state index in [1.54, 1.807) is 6.08 Å². The second-order valence-electron chi connectivity index (χ2n) is 5.87. The second-order valence-corrected chi connectivity index (χ2v) is 5.87. The smallest absolute Gasteiger partial charge is 0.225 e. The zero-order valence-corrected chi connectivity index (χ0v) is 13.0. The van der Waals surface area contributed by atoms with Gasteiger partial charge in [-0.05, 0) is 16.3 Å². The van der Waals surface area contributed by atoms with Crippen LogP contribution in [0.4, 0.5) is 0 Å². The Labute approximate surface area is 135 Å². The van der Waals surface area contributed by atoms with Crippen LogP contribution < -0.4 is 5.32 Å². The van der Waals surface area contributed by atoms with Gasteiger partial charge in [0.05, 0.1) is 6.04 Å². The van der Waals surface area contributed by atoms with Crippen molar-refractivity contribution in [1.82, 2.24) is 10.2 Å². The van der Waals surface area contributed by atoms with Gasteiger partial charge in [-0.1, -0.05) is 48.5 Å². The van der Waals surface area contributed by atoms with E-state index in [2.05, 4.69) is 36.2 Å². The van der Waals surface area contributed by atoms with Crippen LogP contribution in [0.25, 0.3) is 10.8 Å². The van der Waals surface area contributed by atoms with Gasteiger partial charge in [0.1, 0.15) is 0 Å². The number of carbonyl (C=O) groups excluding carboxylic acids is 2. The van der Waals surface area contributed by atoms with Crippen LogP contribution in [0.15, 0.2) is 55.1 Å². The number of rotatable bonds is 5. The number of likely N-dealkylation sites (tertiary alicyclic amines) is 1. The molecule has 1 aliphatic heterocycles. The highest BCUT2D eigenvalue weighted by atomic mass is 16.2. The Bertz CT molecular complexity index is 749. The van der Waals surface area contributed by atoms with Gasteiger partial charge < -0.3 is 10.2 Å². The average Bonchev–Trinajstić information content (AvgIpc) is 2.87. The summed E-state index contributed by atoms with van der Waals surface area (Å²) in [5.41, 5.74) is 1.13. The molecule has 118 valence electrons. The van der Waals surface area contributed by atoms with Crippen LogP contribution in [0.1, 0.15) is 18.4 Å². The molecule has 1 aliphatic rings. The topological polar surface area (TPSA) is 49.4 Å². The Balaban J connectivity index is 1.71. The van der Waals surface area contributed by atoms with Crippen molar-refractivity contribution in [1.29, 1.82) is 0 Å². The summed E-state index contributed by atoms with van der Waals surface area (Å²) in [6.45, 7) is 4.69. The highest BCUT2D eigenvalue weighted by molar-refractivity contribution is 5.87. The SMILES string of the molecule is C=CCC(=O)NC1CC(=O)N(Cc2cccc3ccccc23)C1. The lowest BCUT2D eigenvalue weighted by molar-refractivity contribution is -0.128. The van der Waals surface area contributed by atoms with Gasteiger partial charge in [-0.3, -0.25) is 9.59 Å². The number of carbonyl (C=O) groups is 2. The van der Waals surface area contributed by atoms with E-state index in [1.807, 2.05) is 23.1 Å². The van der Waals surface area contributed by atoms with E-state index in [1.165, 1.54) is 10.8 Å². The van der Waals surface area contributed by atoms with Gasteiger partial charge in [0.2, 0.25) is 11.8 Å². The Hall–Kier alpha value is -2.62. The minimum absolute atomic E-state index is 0.0789. The number of amides is 2. The summed E-state index contributed by atoms with van der Waals surface area (Å²) in [5.74, 6) is 0.00616. The molecule has 2 amide bonds. The van der Waals surface area contributed by atoms with E-state index in [4.69, 9.17) is 0 Å². The van der Waals surface area contributed by atoms with Crippen LogP contribution >= 0.6 is 0 Å². The summed E-state index contributed by atoms with van der Waals surface area (Å²) in [6.07, 6.45) is 2.22. The van der Waals surface area contributed by atoms with Crippen LogP contribution in [-0.4, -0.2) is 29.3 Å². The molecule has 2 aromatic rings. The molecule has 0 saturated carbocycles. The first-order chi connectivity index (χ1) is 11.2. The van der Waals surface area contributed by atoms with Crippen LogP contribution in [0.2, 0.25) is 0 Å². The molecule has 1 atom stereocenters. The zero-order chi connectivity index (χ0) is 16.2. The predicted molar refractivity (Wildman–Crippen MR) is 90.7 cm³/mol. The first-order valence-electron chi connectivity index (χ1n) is 7.82. The summed E-state index contributed by atoms with van der Waals surface area (Å²) in [6, 6.07) is 14.2. The van der Waals surface area contributed by atoms with Crippen molar-refractivity contribution >= 4 is 22.6 Å². The van der Waals surface area contributed by atoms with Gasteiger partial charge in [0.25, 0.3) is 0 Å². The number of hydrogen-bond donors (Lipinski definition) is 1. The Morgan fingerprint density at radius 2 is 2.04 bits per heavy atom. The maximum Gasteiger partial charge on any atom is 0.225 e. The Morgan fingerprint density at radius 1 is 1.26 bits per heavy atom. The molecule has 1 unspecified atom stereocenters. The van der Waals surface area contributed by atoms with E-state index in [9.17, 15) is 9.59 Å². The monoisotopic (exact) mass is 308 g/mol. The molecule has 4 heteroatoms. The number of hydrogen-bond acceptors (Lipinski definition) is 2. The fourth-order valence-electron chi connectivity index (χ4n) is 3.08. The fraction of sp³-hybridized carbons (Fsp3) is 0.263. The van der Waals surface area contributed by atoms with Gasteiger partial charge >= 0.3 is 0 Å². The summed E-state index contributed by atoms with van der Waals surface area (Å²) in [4.78, 5) is 25.7. The molecule has 3 rings (SSSR count). The Kier molecular flexibility index (Phi) is 4.42. The van der Waals surface area contributed by atoms with Crippen molar-refractivity contribution in [3.63, 3.8) is 0 Å². The van der Waals surface area contributed by atoms with Gasteiger partial charge in [-0.15, -0.1) is 6.58 Å². The lowest BCUT2D eigenvalue weighted by Gasteiger charge is -2.18. The van der Waals surface area contributed by atoms with Crippen molar-refractivity contribution in [2.24, 2.45) is 0 Å². The zero-order valence-electron chi connectivity index (χ0n) is 13.0. The van der Waals surface area contributed by atoms with Crippen LogP contribution in [0.5, 0.6) is 0 Å². The first-order valence-corrected chi connectivity index (χ1v) is 7.82. The van der Waals surface area contributed by atoms with Crippen LogP contribution in [-0.2, 0) is 16.1 Å².